The average Bonchev–Trinajstić information content (AvgIpc) is 2.91. The first kappa shape index (κ1) is 15.5. The molecule has 0 radical (unpaired) electrons. The van der Waals surface area contributed by atoms with Gasteiger partial charge in [0.15, 0.2) is 6.61 Å². The first-order chi connectivity index (χ1) is 10.0. The number of nitrogens with zero attached hydrogens (tertiary/aromatic N) is 1. The summed E-state index contributed by atoms with van der Waals surface area (Å²) in [5.74, 6) is -0.347. The molecular formula is C14H12ClFN2O2S. The molecule has 0 aliphatic carbocycles. The Labute approximate surface area is 130 Å². The van der Waals surface area contributed by atoms with E-state index < -0.39 is 5.91 Å². The van der Waals surface area contributed by atoms with E-state index in [1.165, 1.54) is 35.6 Å². The molecule has 0 bridgehead atoms. The van der Waals surface area contributed by atoms with E-state index in [0.29, 0.717) is 15.8 Å². The molecule has 0 fully saturated rings. The van der Waals surface area contributed by atoms with Crippen molar-refractivity contribution in [1.82, 2.24) is 5.43 Å². The maximum Gasteiger partial charge on any atom is 0.277 e. The molecule has 1 aromatic heterocycles. The lowest BCUT2D eigenvalue weighted by Gasteiger charge is -2.05. The van der Waals surface area contributed by atoms with Crippen molar-refractivity contribution in [1.29, 1.82) is 0 Å². The zero-order valence-corrected chi connectivity index (χ0v) is 12.7. The van der Waals surface area contributed by atoms with E-state index in [4.69, 9.17) is 16.3 Å². The number of halogens is 2. The summed E-state index contributed by atoms with van der Waals surface area (Å²) in [6.07, 6.45) is 0. The van der Waals surface area contributed by atoms with Crippen LogP contribution in [0.1, 0.15) is 11.8 Å². The van der Waals surface area contributed by atoms with E-state index in [1.807, 2.05) is 6.07 Å². The van der Waals surface area contributed by atoms with E-state index in [1.54, 1.807) is 13.0 Å². The van der Waals surface area contributed by atoms with Crippen molar-refractivity contribution in [3.05, 3.63) is 51.4 Å². The number of hydrazone groups is 1. The molecule has 0 aliphatic rings. The van der Waals surface area contributed by atoms with E-state index in [9.17, 15) is 9.18 Å². The largest absolute Gasteiger partial charge is 0.484 e. The topological polar surface area (TPSA) is 50.7 Å². The van der Waals surface area contributed by atoms with Crippen molar-refractivity contribution in [3.8, 4) is 5.75 Å². The second-order valence-corrected chi connectivity index (χ2v) is 5.79. The summed E-state index contributed by atoms with van der Waals surface area (Å²) in [4.78, 5) is 12.5. The number of hydrogen-bond donors (Lipinski definition) is 1. The molecule has 21 heavy (non-hydrogen) atoms. The zero-order chi connectivity index (χ0) is 15.2. The van der Waals surface area contributed by atoms with Gasteiger partial charge in [0.25, 0.3) is 5.91 Å². The molecule has 1 heterocycles. The lowest BCUT2D eigenvalue weighted by molar-refractivity contribution is -0.123. The van der Waals surface area contributed by atoms with Crippen LogP contribution in [-0.4, -0.2) is 18.2 Å². The summed E-state index contributed by atoms with van der Waals surface area (Å²) >= 11 is 7.20. The fourth-order valence-electron chi connectivity index (χ4n) is 1.42. The van der Waals surface area contributed by atoms with Crippen LogP contribution in [0.4, 0.5) is 4.39 Å². The minimum atomic E-state index is -0.402. The number of carbonyl (C=O) groups excluding carboxylic acids is 1. The summed E-state index contributed by atoms with van der Waals surface area (Å²) < 4.78 is 18.6. The van der Waals surface area contributed by atoms with Crippen molar-refractivity contribution in [2.45, 2.75) is 6.92 Å². The quantitative estimate of drug-likeness (QED) is 0.675. The van der Waals surface area contributed by atoms with Gasteiger partial charge in [-0.25, -0.2) is 9.82 Å². The van der Waals surface area contributed by atoms with Gasteiger partial charge < -0.3 is 4.74 Å². The zero-order valence-electron chi connectivity index (χ0n) is 11.1. The van der Waals surface area contributed by atoms with Crippen LogP contribution in [0.15, 0.2) is 41.5 Å². The predicted octanol–water partition coefficient (Wildman–Crippen LogP) is 3.46. The fourth-order valence-corrected chi connectivity index (χ4v) is 2.41. The normalized spacial score (nSPS) is 11.3. The van der Waals surface area contributed by atoms with Gasteiger partial charge in [-0.15, -0.1) is 11.3 Å². The van der Waals surface area contributed by atoms with Crippen LogP contribution in [0.3, 0.4) is 0 Å². The van der Waals surface area contributed by atoms with Crippen molar-refractivity contribution in [2.75, 3.05) is 6.61 Å². The van der Waals surface area contributed by atoms with Crippen LogP contribution >= 0.6 is 22.9 Å². The molecule has 4 nitrogen and oxygen atoms in total. The Morgan fingerprint density at radius 2 is 2.05 bits per heavy atom. The highest BCUT2D eigenvalue weighted by atomic mass is 35.5. The number of nitrogens with one attached hydrogen (secondary N) is 1. The van der Waals surface area contributed by atoms with E-state index in [-0.39, 0.29) is 12.4 Å². The molecule has 2 rings (SSSR count). The fraction of sp³-hybridized carbons (Fsp3) is 0.143. The maximum absolute atomic E-state index is 12.7. The number of rotatable bonds is 5. The Balaban J connectivity index is 1.83. The highest BCUT2D eigenvalue weighted by Gasteiger charge is 2.04. The van der Waals surface area contributed by atoms with Crippen molar-refractivity contribution in [2.24, 2.45) is 5.10 Å². The standard InChI is InChI=1S/C14H12ClFN2O2S/c1-9(12-6-7-13(15)21-12)17-18-14(19)8-20-11-4-2-10(16)3-5-11/h2-7H,8H2,1H3,(H,18,19)/b17-9+. The second kappa shape index (κ2) is 7.19. The summed E-state index contributed by atoms with van der Waals surface area (Å²) in [5, 5.41) is 3.96. The summed E-state index contributed by atoms with van der Waals surface area (Å²) in [5.41, 5.74) is 3.04. The molecule has 2 aromatic rings. The number of hydrogen-bond acceptors (Lipinski definition) is 4. The summed E-state index contributed by atoms with van der Waals surface area (Å²) in [7, 11) is 0. The SMILES string of the molecule is C/C(=N\NC(=O)COc1ccc(F)cc1)c1ccc(Cl)s1. The summed E-state index contributed by atoms with van der Waals surface area (Å²) in [6, 6.07) is 9.01. The molecule has 0 unspecified atom stereocenters. The first-order valence-corrected chi connectivity index (χ1v) is 7.21. The Morgan fingerprint density at radius 3 is 2.67 bits per heavy atom. The van der Waals surface area contributed by atoms with E-state index in [0.717, 1.165) is 4.88 Å². The Kier molecular flexibility index (Phi) is 5.30. The highest BCUT2D eigenvalue weighted by Crippen LogP contribution is 2.21. The third-order valence-corrected chi connectivity index (χ3v) is 3.80. The van der Waals surface area contributed by atoms with E-state index in [2.05, 4.69) is 10.5 Å². The van der Waals surface area contributed by atoms with Gasteiger partial charge in [-0.3, -0.25) is 4.79 Å². The van der Waals surface area contributed by atoms with Gasteiger partial charge in [-0.2, -0.15) is 5.10 Å². The lowest BCUT2D eigenvalue weighted by atomic mass is 10.3. The number of thiophene rings is 1. The monoisotopic (exact) mass is 326 g/mol. The molecule has 1 aromatic carbocycles. The first-order valence-electron chi connectivity index (χ1n) is 6.02. The minimum absolute atomic E-state index is 0.201. The van der Waals surface area contributed by atoms with Crippen LogP contribution in [-0.2, 0) is 4.79 Å². The molecule has 0 spiro atoms. The second-order valence-electron chi connectivity index (χ2n) is 4.08. The molecule has 110 valence electrons. The molecule has 1 N–H and O–H groups in total. The van der Waals surface area contributed by atoms with Crippen LogP contribution in [0.2, 0.25) is 4.34 Å². The van der Waals surface area contributed by atoms with E-state index >= 15 is 0 Å². The molecule has 0 saturated carbocycles. The van der Waals surface area contributed by atoms with Gasteiger partial charge in [-0.1, -0.05) is 11.6 Å². The van der Waals surface area contributed by atoms with Gasteiger partial charge in [0.1, 0.15) is 11.6 Å². The molecule has 7 heteroatoms. The Bertz CT molecular complexity index is 655. The maximum atomic E-state index is 12.7. The molecule has 0 saturated heterocycles. The Morgan fingerprint density at radius 1 is 1.33 bits per heavy atom. The van der Waals surface area contributed by atoms with Crippen molar-refractivity contribution >= 4 is 34.6 Å². The number of benzene rings is 1. The smallest absolute Gasteiger partial charge is 0.277 e. The van der Waals surface area contributed by atoms with Gasteiger partial charge in [0, 0.05) is 0 Å². The molecule has 1 amide bonds. The van der Waals surface area contributed by atoms with Gasteiger partial charge >= 0.3 is 0 Å². The van der Waals surface area contributed by atoms with Crippen LogP contribution in [0.25, 0.3) is 0 Å². The molecular weight excluding hydrogens is 315 g/mol. The van der Waals surface area contributed by atoms with Crippen LogP contribution in [0.5, 0.6) is 5.75 Å². The lowest BCUT2D eigenvalue weighted by Crippen LogP contribution is -2.25. The van der Waals surface area contributed by atoms with Gasteiger partial charge in [0.2, 0.25) is 0 Å². The average molecular weight is 327 g/mol. The molecule has 0 aliphatic heterocycles. The van der Waals surface area contributed by atoms with Crippen LogP contribution in [0, 0.1) is 5.82 Å². The van der Waals surface area contributed by atoms with Crippen molar-refractivity contribution < 1.29 is 13.9 Å². The Hall–Kier alpha value is -1.92. The highest BCUT2D eigenvalue weighted by molar-refractivity contribution is 7.18. The minimum Gasteiger partial charge on any atom is -0.484 e. The van der Waals surface area contributed by atoms with Crippen LogP contribution < -0.4 is 10.2 Å². The third kappa shape index (κ3) is 4.84. The van der Waals surface area contributed by atoms with Gasteiger partial charge in [-0.05, 0) is 43.3 Å². The predicted molar refractivity (Wildman–Crippen MR) is 81.6 cm³/mol. The number of carbonyl (C=O) groups is 1. The van der Waals surface area contributed by atoms with Crippen molar-refractivity contribution in [3.63, 3.8) is 0 Å². The number of amides is 1. The summed E-state index contributed by atoms with van der Waals surface area (Å²) in [6.45, 7) is 1.57. The number of ether oxygens (including phenoxy) is 1. The third-order valence-electron chi connectivity index (χ3n) is 2.46. The van der Waals surface area contributed by atoms with Gasteiger partial charge in [0.05, 0.1) is 14.9 Å². The molecule has 0 atom stereocenters.